The van der Waals surface area contributed by atoms with Crippen LogP contribution in [0.25, 0.3) is 0 Å². The molecule has 0 aromatic heterocycles. The summed E-state index contributed by atoms with van der Waals surface area (Å²) in [5, 5.41) is 10.4. The minimum Gasteiger partial charge on any atom is -0.382 e. The van der Waals surface area contributed by atoms with Gasteiger partial charge in [-0.15, -0.1) is 0 Å². The Balaban J connectivity index is 2.61. The first kappa shape index (κ1) is 12.7. The molecular weight excluding hydrogens is 188 g/mol. The van der Waals surface area contributed by atoms with E-state index < -0.39 is 5.60 Å². The quantitative estimate of drug-likeness (QED) is 0.727. The van der Waals surface area contributed by atoms with E-state index in [-0.39, 0.29) is 11.7 Å². The van der Waals surface area contributed by atoms with Gasteiger partial charge in [-0.25, -0.2) is 0 Å². The lowest BCUT2D eigenvalue weighted by Crippen LogP contribution is -2.41. The first-order valence-corrected chi connectivity index (χ1v) is 6.37. The van der Waals surface area contributed by atoms with Gasteiger partial charge in [0, 0.05) is 5.92 Å². The van der Waals surface area contributed by atoms with Gasteiger partial charge in [-0.1, -0.05) is 46.0 Å². The van der Waals surface area contributed by atoms with Gasteiger partial charge in [0.15, 0.2) is 5.78 Å². The van der Waals surface area contributed by atoms with Crippen LogP contribution in [0, 0.1) is 5.92 Å². The van der Waals surface area contributed by atoms with Crippen LogP contribution in [0.1, 0.15) is 65.2 Å². The fourth-order valence-corrected chi connectivity index (χ4v) is 2.58. The minimum absolute atomic E-state index is 0.0260. The first-order chi connectivity index (χ1) is 7.10. The maximum absolute atomic E-state index is 12.1. The molecule has 0 aromatic rings. The molecular formula is C13H24O2. The molecule has 1 aliphatic carbocycles. The predicted octanol–water partition coefficient (Wildman–Crippen LogP) is 3.08. The monoisotopic (exact) mass is 212 g/mol. The molecule has 0 bridgehead atoms. The van der Waals surface area contributed by atoms with Gasteiger partial charge >= 0.3 is 0 Å². The van der Waals surface area contributed by atoms with E-state index in [1.54, 1.807) is 0 Å². The molecule has 88 valence electrons. The van der Waals surface area contributed by atoms with Crippen molar-refractivity contribution in [3.8, 4) is 0 Å². The second kappa shape index (κ2) is 5.64. The van der Waals surface area contributed by atoms with E-state index in [0.717, 1.165) is 38.5 Å². The van der Waals surface area contributed by atoms with Crippen LogP contribution in [0.3, 0.4) is 0 Å². The topological polar surface area (TPSA) is 37.3 Å². The Labute approximate surface area is 93.1 Å². The van der Waals surface area contributed by atoms with Gasteiger partial charge < -0.3 is 5.11 Å². The number of hydrogen-bond acceptors (Lipinski definition) is 2. The maximum Gasteiger partial charge on any atom is 0.167 e. The lowest BCUT2D eigenvalue weighted by molar-refractivity contribution is -0.142. The third-order valence-electron chi connectivity index (χ3n) is 3.56. The van der Waals surface area contributed by atoms with Gasteiger partial charge in [0.25, 0.3) is 0 Å². The largest absolute Gasteiger partial charge is 0.382 e. The highest BCUT2D eigenvalue weighted by molar-refractivity contribution is 5.88. The van der Waals surface area contributed by atoms with E-state index in [0.29, 0.717) is 12.8 Å². The molecule has 1 atom stereocenters. The molecule has 0 amide bonds. The van der Waals surface area contributed by atoms with Gasteiger partial charge in [-0.2, -0.15) is 0 Å². The third-order valence-corrected chi connectivity index (χ3v) is 3.56. The Kier molecular flexibility index (Phi) is 4.78. The van der Waals surface area contributed by atoms with E-state index in [1.807, 2.05) is 6.92 Å². The Hall–Kier alpha value is -0.370. The molecule has 1 fully saturated rings. The number of rotatable bonds is 4. The highest BCUT2D eigenvalue weighted by atomic mass is 16.3. The van der Waals surface area contributed by atoms with E-state index in [4.69, 9.17) is 0 Å². The van der Waals surface area contributed by atoms with Crippen molar-refractivity contribution in [2.75, 3.05) is 0 Å². The molecule has 2 nitrogen and oxygen atoms in total. The molecule has 15 heavy (non-hydrogen) atoms. The average molecular weight is 212 g/mol. The second-order valence-electron chi connectivity index (χ2n) is 5.00. The summed E-state index contributed by atoms with van der Waals surface area (Å²) in [5.74, 6) is 0.115. The number of Topliss-reactive ketones (excluding diaryl/α,β-unsaturated/α-hetero) is 1. The highest BCUT2D eigenvalue weighted by Gasteiger charge is 2.37. The van der Waals surface area contributed by atoms with Crippen LogP contribution in [0.2, 0.25) is 0 Å². The van der Waals surface area contributed by atoms with Gasteiger partial charge in [0.05, 0.1) is 0 Å². The number of aliphatic hydroxyl groups is 1. The van der Waals surface area contributed by atoms with Gasteiger partial charge in [0.1, 0.15) is 5.60 Å². The summed E-state index contributed by atoms with van der Waals surface area (Å²) >= 11 is 0. The van der Waals surface area contributed by atoms with Crippen LogP contribution >= 0.6 is 0 Å². The number of carbonyl (C=O) groups excluding carboxylic acids is 1. The van der Waals surface area contributed by atoms with Crippen LogP contribution in [-0.2, 0) is 4.79 Å². The molecule has 0 aromatic carbocycles. The van der Waals surface area contributed by atoms with Crippen molar-refractivity contribution in [1.29, 1.82) is 0 Å². The van der Waals surface area contributed by atoms with Gasteiger partial charge in [-0.3, -0.25) is 4.79 Å². The van der Waals surface area contributed by atoms with E-state index in [2.05, 4.69) is 6.92 Å². The number of hydrogen-bond donors (Lipinski definition) is 1. The zero-order chi connectivity index (χ0) is 11.3. The van der Waals surface area contributed by atoms with E-state index >= 15 is 0 Å². The Morgan fingerprint density at radius 2 is 1.80 bits per heavy atom. The smallest absolute Gasteiger partial charge is 0.167 e. The zero-order valence-electron chi connectivity index (χ0n) is 10.1. The molecule has 0 saturated heterocycles. The van der Waals surface area contributed by atoms with Gasteiger partial charge in [0.2, 0.25) is 0 Å². The summed E-state index contributed by atoms with van der Waals surface area (Å²) in [7, 11) is 0. The normalized spacial score (nSPS) is 23.1. The van der Waals surface area contributed by atoms with E-state index in [1.165, 1.54) is 0 Å². The summed E-state index contributed by atoms with van der Waals surface area (Å²) in [6.07, 6.45) is 7.61. The highest BCUT2D eigenvalue weighted by Crippen LogP contribution is 2.30. The molecule has 1 saturated carbocycles. The molecule has 0 heterocycles. The van der Waals surface area contributed by atoms with Crippen LogP contribution in [-0.4, -0.2) is 16.5 Å². The van der Waals surface area contributed by atoms with Gasteiger partial charge in [-0.05, 0) is 19.3 Å². The molecule has 1 aliphatic rings. The van der Waals surface area contributed by atoms with Crippen molar-refractivity contribution in [2.45, 2.75) is 70.8 Å². The molecule has 2 heteroatoms. The van der Waals surface area contributed by atoms with Crippen LogP contribution in [0.15, 0.2) is 0 Å². The minimum atomic E-state index is -0.995. The maximum atomic E-state index is 12.1. The summed E-state index contributed by atoms with van der Waals surface area (Å²) in [4.78, 5) is 12.1. The molecule has 1 unspecified atom stereocenters. The SMILES string of the molecule is CCCC(C)C(=O)C1(O)CCCCCC1. The van der Waals surface area contributed by atoms with Crippen LogP contribution < -0.4 is 0 Å². The number of ketones is 1. The van der Waals surface area contributed by atoms with Crippen LogP contribution in [0.5, 0.6) is 0 Å². The summed E-state index contributed by atoms with van der Waals surface area (Å²) in [6, 6.07) is 0. The Bertz CT molecular complexity index is 203. The van der Waals surface area contributed by atoms with Crippen molar-refractivity contribution in [2.24, 2.45) is 5.92 Å². The Morgan fingerprint density at radius 3 is 2.27 bits per heavy atom. The summed E-state index contributed by atoms with van der Waals surface area (Å²) in [6.45, 7) is 4.04. The molecule has 1 rings (SSSR count). The Morgan fingerprint density at radius 1 is 1.27 bits per heavy atom. The first-order valence-electron chi connectivity index (χ1n) is 6.37. The fraction of sp³-hybridized carbons (Fsp3) is 0.923. The second-order valence-corrected chi connectivity index (χ2v) is 5.00. The average Bonchev–Trinajstić information content (AvgIpc) is 2.43. The molecule has 0 aliphatic heterocycles. The van der Waals surface area contributed by atoms with Crippen LogP contribution in [0.4, 0.5) is 0 Å². The standard InChI is InChI=1S/C13H24O2/c1-3-8-11(2)12(14)13(15)9-6-4-5-7-10-13/h11,15H,3-10H2,1-2H3. The predicted molar refractivity (Wildman–Crippen MR) is 61.7 cm³/mol. The molecule has 1 N–H and O–H groups in total. The van der Waals surface area contributed by atoms with Crippen molar-refractivity contribution in [3.63, 3.8) is 0 Å². The summed E-state index contributed by atoms with van der Waals surface area (Å²) in [5.41, 5.74) is -0.995. The van der Waals surface area contributed by atoms with Crippen molar-refractivity contribution in [1.82, 2.24) is 0 Å². The molecule has 0 radical (unpaired) electrons. The molecule has 0 spiro atoms. The summed E-state index contributed by atoms with van der Waals surface area (Å²) < 4.78 is 0. The fourth-order valence-electron chi connectivity index (χ4n) is 2.58. The van der Waals surface area contributed by atoms with Crippen molar-refractivity contribution < 1.29 is 9.90 Å². The lowest BCUT2D eigenvalue weighted by Gasteiger charge is -2.28. The lowest BCUT2D eigenvalue weighted by atomic mass is 9.82. The third kappa shape index (κ3) is 3.30. The number of carbonyl (C=O) groups is 1. The van der Waals surface area contributed by atoms with Crippen molar-refractivity contribution in [3.05, 3.63) is 0 Å². The van der Waals surface area contributed by atoms with E-state index in [9.17, 15) is 9.90 Å². The van der Waals surface area contributed by atoms with Crippen molar-refractivity contribution >= 4 is 5.78 Å². The zero-order valence-corrected chi connectivity index (χ0v) is 10.1.